The van der Waals surface area contributed by atoms with E-state index in [1.54, 1.807) is 13.0 Å². The molecule has 3 aromatic rings. The van der Waals surface area contributed by atoms with Crippen molar-refractivity contribution in [2.75, 3.05) is 11.9 Å². The number of pyridine rings is 2. The Morgan fingerprint density at radius 3 is 2.65 bits per heavy atom. The van der Waals surface area contributed by atoms with Crippen LogP contribution in [0.5, 0.6) is 0 Å². The number of aromatic nitrogens is 2. The number of benzene rings is 1. The summed E-state index contributed by atoms with van der Waals surface area (Å²) in [7, 11) is 0. The number of carbonyl (C=O) groups is 1. The Hall–Kier alpha value is -3.15. The van der Waals surface area contributed by atoms with Gasteiger partial charge in [-0.15, -0.1) is 0 Å². The van der Waals surface area contributed by atoms with Gasteiger partial charge in [-0.1, -0.05) is 24.3 Å². The number of esters is 1. The molecule has 0 radical (unpaired) electrons. The average molecular weight is 349 g/mol. The van der Waals surface area contributed by atoms with E-state index < -0.39 is 11.4 Å². The standard InChI is InChI=1S/C20H19N3O3/c1-2-26-20(25)15-11-21-16-7-8-17(23-18(16)19(15)24)22-14-9-12-5-3-4-6-13(12)10-14/h3-8,11,14H,2,9-10H2,1H3,(H,21,24)(H,22,23). The zero-order valence-corrected chi connectivity index (χ0v) is 14.4. The smallest absolute Gasteiger partial charge is 0.343 e. The van der Waals surface area contributed by atoms with Crippen LogP contribution >= 0.6 is 0 Å². The van der Waals surface area contributed by atoms with Gasteiger partial charge in [0.05, 0.1) is 12.1 Å². The Labute approximate surface area is 150 Å². The number of anilines is 1. The third kappa shape index (κ3) is 2.94. The largest absolute Gasteiger partial charge is 0.462 e. The summed E-state index contributed by atoms with van der Waals surface area (Å²) in [6, 6.07) is 12.2. The minimum atomic E-state index is -0.637. The van der Waals surface area contributed by atoms with Gasteiger partial charge in [0.25, 0.3) is 0 Å². The number of rotatable bonds is 4. The molecule has 26 heavy (non-hydrogen) atoms. The highest BCUT2D eigenvalue weighted by atomic mass is 16.5. The lowest BCUT2D eigenvalue weighted by molar-refractivity contribution is 0.0524. The number of H-pyrrole nitrogens is 1. The maximum absolute atomic E-state index is 12.6. The van der Waals surface area contributed by atoms with Crippen LogP contribution in [-0.4, -0.2) is 28.6 Å². The molecule has 0 saturated heterocycles. The van der Waals surface area contributed by atoms with Crippen LogP contribution in [0.25, 0.3) is 11.0 Å². The van der Waals surface area contributed by atoms with Crippen molar-refractivity contribution < 1.29 is 9.53 Å². The molecule has 0 spiro atoms. The number of nitrogens with one attached hydrogen (secondary N) is 2. The highest BCUT2D eigenvalue weighted by Crippen LogP contribution is 2.24. The van der Waals surface area contributed by atoms with Crippen molar-refractivity contribution in [1.82, 2.24) is 9.97 Å². The number of ether oxygens (including phenoxy) is 1. The summed E-state index contributed by atoms with van der Waals surface area (Å²) in [5, 5.41) is 3.40. The van der Waals surface area contributed by atoms with Gasteiger partial charge in [0, 0.05) is 12.2 Å². The molecule has 2 N–H and O–H groups in total. The summed E-state index contributed by atoms with van der Waals surface area (Å²) in [5.41, 5.74) is 3.05. The van der Waals surface area contributed by atoms with E-state index in [0.29, 0.717) is 11.3 Å². The summed E-state index contributed by atoms with van der Waals surface area (Å²) in [4.78, 5) is 31.9. The summed E-state index contributed by atoms with van der Waals surface area (Å²) in [5.74, 6) is -0.0103. The maximum atomic E-state index is 12.6. The molecule has 1 aliphatic rings. The van der Waals surface area contributed by atoms with Crippen LogP contribution in [-0.2, 0) is 17.6 Å². The molecule has 0 saturated carbocycles. The van der Waals surface area contributed by atoms with Crippen LogP contribution in [0.15, 0.2) is 47.4 Å². The van der Waals surface area contributed by atoms with Crippen molar-refractivity contribution in [2.24, 2.45) is 0 Å². The monoisotopic (exact) mass is 349 g/mol. The fourth-order valence-corrected chi connectivity index (χ4v) is 3.40. The molecule has 0 bridgehead atoms. The molecule has 0 atom stereocenters. The zero-order valence-electron chi connectivity index (χ0n) is 14.4. The summed E-state index contributed by atoms with van der Waals surface area (Å²) in [6.45, 7) is 1.92. The average Bonchev–Trinajstić information content (AvgIpc) is 3.05. The lowest BCUT2D eigenvalue weighted by Crippen LogP contribution is -2.22. The van der Waals surface area contributed by atoms with Crippen LogP contribution in [0.4, 0.5) is 5.82 Å². The SMILES string of the molecule is CCOC(=O)c1c[nH]c2ccc(NC3Cc4ccccc4C3)nc2c1=O. The highest BCUT2D eigenvalue weighted by Gasteiger charge is 2.21. The fraction of sp³-hybridized carbons (Fsp3) is 0.250. The van der Waals surface area contributed by atoms with E-state index in [-0.39, 0.29) is 23.7 Å². The molecule has 0 amide bonds. The van der Waals surface area contributed by atoms with Gasteiger partial charge in [-0.2, -0.15) is 0 Å². The topological polar surface area (TPSA) is 84.1 Å². The van der Waals surface area contributed by atoms with Gasteiger partial charge in [0.15, 0.2) is 0 Å². The van der Waals surface area contributed by atoms with Gasteiger partial charge < -0.3 is 15.0 Å². The van der Waals surface area contributed by atoms with Crippen LogP contribution in [0.1, 0.15) is 28.4 Å². The van der Waals surface area contributed by atoms with Gasteiger partial charge >= 0.3 is 5.97 Å². The predicted molar refractivity (Wildman–Crippen MR) is 99.6 cm³/mol. The van der Waals surface area contributed by atoms with E-state index >= 15 is 0 Å². The lowest BCUT2D eigenvalue weighted by Gasteiger charge is -2.13. The molecule has 0 unspecified atom stereocenters. The first-order valence-electron chi connectivity index (χ1n) is 8.68. The van der Waals surface area contributed by atoms with E-state index in [1.807, 2.05) is 18.2 Å². The number of hydrogen-bond acceptors (Lipinski definition) is 5. The molecule has 1 aromatic carbocycles. The van der Waals surface area contributed by atoms with E-state index in [1.165, 1.54) is 17.3 Å². The molecule has 6 heteroatoms. The van der Waals surface area contributed by atoms with Gasteiger partial charge in [0.1, 0.15) is 16.9 Å². The Bertz CT molecular complexity index is 1020. The molecule has 6 nitrogen and oxygen atoms in total. The van der Waals surface area contributed by atoms with Gasteiger partial charge in [0.2, 0.25) is 5.43 Å². The molecule has 0 aliphatic heterocycles. The Kier molecular flexibility index (Phi) is 4.16. The number of fused-ring (bicyclic) bond motifs is 2. The van der Waals surface area contributed by atoms with E-state index in [9.17, 15) is 9.59 Å². The molecule has 1 aliphatic carbocycles. The maximum Gasteiger partial charge on any atom is 0.343 e. The van der Waals surface area contributed by atoms with E-state index in [4.69, 9.17) is 4.74 Å². The Morgan fingerprint density at radius 1 is 1.23 bits per heavy atom. The highest BCUT2D eigenvalue weighted by molar-refractivity contribution is 5.92. The van der Waals surface area contributed by atoms with Crippen LogP contribution in [0.2, 0.25) is 0 Å². The van der Waals surface area contributed by atoms with Crippen LogP contribution in [0.3, 0.4) is 0 Å². The third-order valence-electron chi connectivity index (χ3n) is 4.63. The molecule has 2 aromatic heterocycles. The summed E-state index contributed by atoms with van der Waals surface area (Å²) < 4.78 is 4.93. The third-order valence-corrected chi connectivity index (χ3v) is 4.63. The summed E-state index contributed by atoms with van der Waals surface area (Å²) >= 11 is 0. The second-order valence-corrected chi connectivity index (χ2v) is 6.36. The first-order chi connectivity index (χ1) is 12.7. The Balaban J connectivity index is 1.62. The minimum Gasteiger partial charge on any atom is -0.462 e. The van der Waals surface area contributed by atoms with Crippen molar-refractivity contribution in [2.45, 2.75) is 25.8 Å². The van der Waals surface area contributed by atoms with E-state index in [2.05, 4.69) is 27.4 Å². The van der Waals surface area contributed by atoms with Crippen molar-refractivity contribution in [3.8, 4) is 0 Å². The molecule has 2 heterocycles. The molecular weight excluding hydrogens is 330 g/mol. The minimum absolute atomic E-state index is 0.0303. The van der Waals surface area contributed by atoms with Crippen molar-refractivity contribution in [1.29, 1.82) is 0 Å². The van der Waals surface area contributed by atoms with Gasteiger partial charge in [-0.05, 0) is 43.0 Å². The van der Waals surface area contributed by atoms with Crippen molar-refractivity contribution in [3.05, 3.63) is 69.5 Å². The van der Waals surface area contributed by atoms with Crippen molar-refractivity contribution >= 4 is 22.8 Å². The molecule has 4 rings (SSSR count). The molecule has 132 valence electrons. The Morgan fingerprint density at radius 2 is 1.96 bits per heavy atom. The van der Waals surface area contributed by atoms with Crippen LogP contribution < -0.4 is 10.7 Å². The molecule has 0 fully saturated rings. The normalized spacial score (nSPS) is 13.6. The quantitative estimate of drug-likeness (QED) is 0.708. The second-order valence-electron chi connectivity index (χ2n) is 6.36. The van der Waals surface area contributed by atoms with Gasteiger partial charge in [-0.25, -0.2) is 9.78 Å². The van der Waals surface area contributed by atoms with Gasteiger partial charge in [-0.3, -0.25) is 4.79 Å². The number of hydrogen-bond donors (Lipinski definition) is 2. The van der Waals surface area contributed by atoms with Crippen LogP contribution in [0, 0.1) is 0 Å². The zero-order chi connectivity index (χ0) is 18.1. The molecular formula is C20H19N3O3. The first kappa shape index (κ1) is 16.3. The fourth-order valence-electron chi connectivity index (χ4n) is 3.40. The lowest BCUT2D eigenvalue weighted by atomic mass is 10.1. The number of aromatic amines is 1. The summed E-state index contributed by atoms with van der Waals surface area (Å²) in [6.07, 6.45) is 3.23. The number of carbonyl (C=O) groups excluding carboxylic acids is 1. The van der Waals surface area contributed by atoms with E-state index in [0.717, 1.165) is 12.8 Å². The second kappa shape index (κ2) is 6.63. The van der Waals surface area contributed by atoms with Crippen molar-refractivity contribution in [3.63, 3.8) is 0 Å². The predicted octanol–water partition coefficient (Wildman–Crippen LogP) is 2.68. The number of nitrogens with zero attached hydrogens (tertiary/aromatic N) is 1. The first-order valence-corrected chi connectivity index (χ1v) is 8.68.